The standard InChI is InChI=1S/C13H19N3O2S/c1-2-14-12-15-10(7-19-12)11(17)16-5-3-13(8-16)4-6-18-9-13/h7H,2-6,8-9H2,1H3,(H,14,15)/t13-/m1/s1. The zero-order chi connectivity index (χ0) is 13.3. The number of carbonyl (C=O) groups excluding carboxylic acids is 1. The lowest BCUT2D eigenvalue weighted by Gasteiger charge is -2.21. The number of carbonyl (C=O) groups is 1. The highest BCUT2D eigenvalue weighted by molar-refractivity contribution is 7.13. The van der Waals surface area contributed by atoms with E-state index in [1.54, 1.807) is 0 Å². The Morgan fingerprint density at radius 3 is 3.26 bits per heavy atom. The molecule has 0 radical (unpaired) electrons. The number of ether oxygens (including phenoxy) is 1. The van der Waals surface area contributed by atoms with Crippen LogP contribution in [0.25, 0.3) is 0 Å². The van der Waals surface area contributed by atoms with E-state index in [-0.39, 0.29) is 11.3 Å². The first-order valence-electron chi connectivity index (χ1n) is 6.79. The zero-order valence-corrected chi connectivity index (χ0v) is 12.0. The third-order valence-electron chi connectivity index (χ3n) is 3.96. The van der Waals surface area contributed by atoms with Crippen molar-refractivity contribution in [2.75, 3.05) is 38.2 Å². The van der Waals surface area contributed by atoms with Crippen molar-refractivity contribution in [3.63, 3.8) is 0 Å². The number of aromatic nitrogens is 1. The van der Waals surface area contributed by atoms with Crippen LogP contribution in [0.2, 0.25) is 0 Å². The van der Waals surface area contributed by atoms with Gasteiger partial charge in [-0.15, -0.1) is 11.3 Å². The second-order valence-electron chi connectivity index (χ2n) is 5.35. The van der Waals surface area contributed by atoms with Crippen molar-refractivity contribution in [2.24, 2.45) is 5.41 Å². The van der Waals surface area contributed by atoms with Crippen LogP contribution >= 0.6 is 11.3 Å². The Balaban J connectivity index is 1.67. The van der Waals surface area contributed by atoms with Gasteiger partial charge in [0, 0.05) is 37.0 Å². The van der Waals surface area contributed by atoms with Crippen LogP contribution in [0.1, 0.15) is 30.3 Å². The fraction of sp³-hybridized carbons (Fsp3) is 0.692. The van der Waals surface area contributed by atoms with Gasteiger partial charge in [-0.25, -0.2) is 4.98 Å². The molecule has 2 saturated heterocycles. The Labute approximate surface area is 117 Å². The minimum Gasteiger partial charge on any atom is -0.381 e. The molecule has 0 saturated carbocycles. The Morgan fingerprint density at radius 1 is 1.63 bits per heavy atom. The summed E-state index contributed by atoms with van der Waals surface area (Å²) in [7, 11) is 0. The predicted molar refractivity (Wildman–Crippen MR) is 74.7 cm³/mol. The molecule has 1 amide bonds. The van der Waals surface area contributed by atoms with E-state index in [1.165, 1.54) is 11.3 Å². The molecule has 1 atom stereocenters. The molecule has 0 bridgehead atoms. The van der Waals surface area contributed by atoms with E-state index in [0.717, 1.165) is 50.8 Å². The summed E-state index contributed by atoms with van der Waals surface area (Å²) >= 11 is 1.49. The second kappa shape index (κ2) is 5.09. The van der Waals surface area contributed by atoms with Crippen molar-refractivity contribution in [3.05, 3.63) is 11.1 Å². The molecule has 0 aliphatic carbocycles. The quantitative estimate of drug-likeness (QED) is 0.918. The molecular weight excluding hydrogens is 262 g/mol. The van der Waals surface area contributed by atoms with E-state index in [4.69, 9.17) is 4.74 Å². The number of hydrogen-bond acceptors (Lipinski definition) is 5. The maximum Gasteiger partial charge on any atom is 0.273 e. The van der Waals surface area contributed by atoms with Crippen LogP contribution in [0.3, 0.4) is 0 Å². The first-order chi connectivity index (χ1) is 9.22. The Morgan fingerprint density at radius 2 is 2.53 bits per heavy atom. The average molecular weight is 281 g/mol. The van der Waals surface area contributed by atoms with Crippen LogP contribution in [0.5, 0.6) is 0 Å². The monoisotopic (exact) mass is 281 g/mol. The van der Waals surface area contributed by atoms with E-state index in [0.29, 0.717) is 5.69 Å². The summed E-state index contributed by atoms with van der Waals surface area (Å²) in [5.74, 6) is 0.0594. The molecule has 0 unspecified atom stereocenters. The average Bonchev–Trinajstić information content (AvgIpc) is 3.13. The molecule has 3 rings (SSSR count). The molecule has 1 N–H and O–H groups in total. The van der Waals surface area contributed by atoms with Crippen molar-refractivity contribution in [1.82, 2.24) is 9.88 Å². The topological polar surface area (TPSA) is 54.5 Å². The van der Waals surface area contributed by atoms with E-state index < -0.39 is 0 Å². The summed E-state index contributed by atoms with van der Waals surface area (Å²) < 4.78 is 5.49. The van der Waals surface area contributed by atoms with E-state index in [2.05, 4.69) is 10.3 Å². The minimum absolute atomic E-state index is 0.0594. The maximum absolute atomic E-state index is 12.4. The number of nitrogens with zero attached hydrogens (tertiary/aromatic N) is 2. The van der Waals surface area contributed by atoms with Gasteiger partial charge in [0.25, 0.3) is 5.91 Å². The van der Waals surface area contributed by atoms with Gasteiger partial charge in [0.05, 0.1) is 6.61 Å². The van der Waals surface area contributed by atoms with Crippen molar-refractivity contribution in [1.29, 1.82) is 0 Å². The van der Waals surface area contributed by atoms with Crippen LogP contribution in [0, 0.1) is 5.41 Å². The van der Waals surface area contributed by atoms with E-state index in [1.807, 2.05) is 17.2 Å². The highest BCUT2D eigenvalue weighted by Crippen LogP contribution is 2.38. The van der Waals surface area contributed by atoms with Crippen molar-refractivity contribution in [2.45, 2.75) is 19.8 Å². The Hall–Kier alpha value is -1.14. The number of nitrogens with one attached hydrogen (secondary N) is 1. The van der Waals surface area contributed by atoms with Gasteiger partial charge in [-0.1, -0.05) is 0 Å². The summed E-state index contributed by atoms with van der Waals surface area (Å²) in [5.41, 5.74) is 0.785. The number of amides is 1. The number of anilines is 1. The summed E-state index contributed by atoms with van der Waals surface area (Å²) in [5, 5.41) is 5.81. The van der Waals surface area contributed by atoms with Crippen LogP contribution < -0.4 is 5.32 Å². The lowest BCUT2D eigenvalue weighted by Crippen LogP contribution is -2.32. The molecule has 1 aromatic rings. The molecule has 2 aliphatic rings. The first-order valence-corrected chi connectivity index (χ1v) is 7.67. The normalized spacial score (nSPS) is 26.3. The highest BCUT2D eigenvalue weighted by atomic mass is 32.1. The van der Waals surface area contributed by atoms with Gasteiger partial charge >= 0.3 is 0 Å². The zero-order valence-electron chi connectivity index (χ0n) is 11.1. The number of rotatable bonds is 3. The van der Waals surface area contributed by atoms with Crippen molar-refractivity contribution >= 4 is 22.4 Å². The van der Waals surface area contributed by atoms with Crippen LogP contribution in [0.4, 0.5) is 5.13 Å². The summed E-state index contributed by atoms with van der Waals surface area (Å²) in [6, 6.07) is 0. The third-order valence-corrected chi connectivity index (χ3v) is 4.76. The Kier molecular flexibility index (Phi) is 3.45. The molecule has 6 heteroatoms. The molecule has 2 fully saturated rings. The van der Waals surface area contributed by atoms with Gasteiger partial charge in [0.1, 0.15) is 5.69 Å². The van der Waals surface area contributed by atoms with Gasteiger partial charge in [-0.05, 0) is 19.8 Å². The van der Waals surface area contributed by atoms with Gasteiger partial charge < -0.3 is 15.0 Å². The minimum atomic E-state index is 0.0594. The molecule has 3 heterocycles. The molecule has 19 heavy (non-hydrogen) atoms. The molecule has 1 spiro atoms. The molecular formula is C13H19N3O2S. The number of hydrogen-bond donors (Lipinski definition) is 1. The SMILES string of the molecule is CCNc1nc(C(=O)N2CC[C@@]3(CCOC3)C2)cs1. The summed E-state index contributed by atoms with van der Waals surface area (Å²) in [6.07, 6.45) is 2.14. The van der Waals surface area contributed by atoms with Crippen molar-refractivity contribution < 1.29 is 9.53 Å². The number of thiazole rings is 1. The number of likely N-dealkylation sites (tertiary alicyclic amines) is 1. The van der Waals surface area contributed by atoms with Gasteiger partial charge in [-0.2, -0.15) is 0 Å². The molecule has 1 aromatic heterocycles. The van der Waals surface area contributed by atoms with E-state index in [9.17, 15) is 4.79 Å². The van der Waals surface area contributed by atoms with Gasteiger partial charge in [0.2, 0.25) is 0 Å². The van der Waals surface area contributed by atoms with Crippen molar-refractivity contribution in [3.8, 4) is 0 Å². The first kappa shape index (κ1) is 12.9. The van der Waals surface area contributed by atoms with Crippen LogP contribution in [0.15, 0.2) is 5.38 Å². The second-order valence-corrected chi connectivity index (χ2v) is 6.21. The molecule has 5 nitrogen and oxygen atoms in total. The third kappa shape index (κ3) is 2.47. The lowest BCUT2D eigenvalue weighted by atomic mass is 9.87. The predicted octanol–water partition coefficient (Wildman–Crippen LogP) is 1.83. The van der Waals surface area contributed by atoms with Gasteiger partial charge in [-0.3, -0.25) is 4.79 Å². The lowest BCUT2D eigenvalue weighted by molar-refractivity contribution is 0.0761. The van der Waals surface area contributed by atoms with Crippen LogP contribution in [-0.2, 0) is 4.74 Å². The summed E-state index contributed by atoms with van der Waals surface area (Å²) in [6.45, 7) is 6.13. The fourth-order valence-corrected chi connectivity index (χ4v) is 3.60. The molecule has 2 aliphatic heterocycles. The smallest absolute Gasteiger partial charge is 0.273 e. The molecule has 104 valence electrons. The largest absolute Gasteiger partial charge is 0.381 e. The maximum atomic E-state index is 12.4. The highest BCUT2D eigenvalue weighted by Gasteiger charge is 2.43. The van der Waals surface area contributed by atoms with Gasteiger partial charge in [0.15, 0.2) is 5.13 Å². The molecule has 0 aromatic carbocycles. The summed E-state index contributed by atoms with van der Waals surface area (Å²) in [4.78, 5) is 18.7. The van der Waals surface area contributed by atoms with Crippen LogP contribution in [-0.4, -0.2) is 48.6 Å². The van der Waals surface area contributed by atoms with E-state index >= 15 is 0 Å². The Bertz CT molecular complexity index is 468. The fourth-order valence-electron chi connectivity index (χ4n) is 2.85.